The molecule has 0 radical (unpaired) electrons. The summed E-state index contributed by atoms with van der Waals surface area (Å²) < 4.78 is 4.10. The van der Waals surface area contributed by atoms with E-state index in [9.17, 15) is 0 Å². The summed E-state index contributed by atoms with van der Waals surface area (Å²) in [5, 5.41) is 4.11. The van der Waals surface area contributed by atoms with Crippen molar-refractivity contribution in [3.8, 4) is 0 Å². The molecule has 1 aliphatic carbocycles. The van der Waals surface area contributed by atoms with E-state index in [-0.39, 0.29) is 0 Å². The van der Waals surface area contributed by atoms with Gasteiger partial charge < -0.3 is 4.90 Å². The maximum Gasteiger partial charge on any atom is 0.0422 e. The van der Waals surface area contributed by atoms with Crippen LogP contribution in [0.25, 0.3) is 36.3 Å². The van der Waals surface area contributed by atoms with Crippen molar-refractivity contribution in [1.29, 1.82) is 0 Å². The second-order valence-corrected chi connectivity index (χ2v) is 9.62. The van der Waals surface area contributed by atoms with Crippen LogP contribution in [-0.4, -0.2) is 7.05 Å². The first-order valence-corrected chi connectivity index (χ1v) is 11.3. The van der Waals surface area contributed by atoms with Crippen molar-refractivity contribution in [2.75, 3.05) is 11.9 Å². The zero-order valence-corrected chi connectivity index (χ0v) is 17.2. The Labute approximate surface area is 172 Å². The first-order chi connectivity index (χ1) is 13.8. The Morgan fingerprint density at radius 3 is 2.32 bits per heavy atom. The Morgan fingerprint density at radius 2 is 1.46 bits per heavy atom. The third-order valence-corrected chi connectivity index (χ3v) is 8.11. The molecule has 0 fully saturated rings. The van der Waals surface area contributed by atoms with Crippen molar-refractivity contribution < 1.29 is 0 Å². The molecule has 0 spiro atoms. The van der Waals surface area contributed by atoms with Crippen LogP contribution in [0.15, 0.2) is 66.7 Å². The fraction of sp³-hybridized carbons (Fsp3) is 0.120. The summed E-state index contributed by atoms with van der Waals surface area (Å²) in [6.45, 7) is 0. The van der Waals surface area contributed by atoms with Crippen LogP contribution < -0.4 is 4.90 Å². The normalized spacial score (nSPS) is 13.5. The van der Waals surface area contributed by atoms with Gasteiger partial charge in [-0.05, 0) is 48.7 Å². The summed E-state index contributed by atoms with van der Waals surface area (Å²) in [5.41, 5.74) is 3.92. The van der Waals surface area contributed by atoms with Crippen molar-refractivity contribution in [1.82, 2.24) is 0 Å². The molecule has 0 amide bonds. The highest BCUT2D eigenvalue weighted by atomic mass is 32.1. The van der Waals surface area contributed by atoms with Crippen LogP contribution in [-0.2, 0) is 6.42 Å². The minimum atomic E-state index is 1.17. The minimum Gasteiger partial charge on any atom is -0.345 e. The molecule has 0 saturated heterocycles. The first kappa shape index (κ1) is 16.3. The average Bonchev–Trinajstić information content (AvgIpc) is 3.30. The summed E-state index contributed by atoms with van der Waals surface area (Å²) in [6.07, 6.45) is 6.95. The van der Waals surface area contributed by atoms with Gasteiger partial charge in [0.25, 0.3) is 0 Å². The predicted molar refractivity (Wildman–Crippen MR) is 127 cm³/mol. The molecule has 0 saturated carbocycles. The third kappa shape index (κ3) is 2.43. The molecule has 1 nitrogen and oxygen atoms in total. The van der Waals surface area contributed by atoms with E-state index in [2.05, 4.69) is 84.8 Å². The molecule has 2 aromatic heterocycles. The molecule has 5 aromatic rings. The fourth-order valence-corrected chi connectivity index (χ4v) is 6.60. The van der Waals surface area contributed by atoms with Crippen molar-refractivity contribution in [3.63, 3.8) is 0 Å². The molecule has 136 valence electrons. The molecule has 0 N–H and O–H groups in total. The van der Waals surface area contributed by atoms with Crippen molar-refractivity contribution >= 4 is 70.4 Å². The van der Waals surface area contributed by atoms with Crippen molar-refractivity contribution in [2.24, 2.45) is 0 Å². The monoisotopic (exact) mass is 397 g/mol. The van der Waals surface area contributed by atoms with E-state index >= 15 is 0 Å². The number of allylic oxidation sites excluding steroid dienone is 1. The second kappa shape index (κ2) is 6.20. The molecule has 6 rings (SSSR count). The lowest BCUT2D eigenvalue weighted by molar-refractivity contribution is 1.02. The highest BCUT2D eigenvalue weighted by Gasteiger charge is 2.14. The Bertz CT molecular complexity index is 1390. The van der Waals surface area contributed by atoms with Gasteiger partial charge in [0.05, 0.1) is 0 Å². The van der Waals surface area contributed by atoms with E-state index in [1.165, 1.54) is 64.9 Å². The number of benzene rings is 3. The lowest BCUT2D eigenvalue weighted by atomic mass is 10.0. The van der Waals surface area contributed by atoms with Gasteiger partial charge in [-0.2, -0.15) is 0 Å². The van der Waals surface area contributed by atoms with Crippen LogP contribution in [0.5, 0.6) is 0 Å². The maximum atomic E-state index is 2.35. The number of hydrogen-bond acceptors (Lipinski definition) is 3. The number of hydrogen-bond donors (Lipinski definition) is 0. The molecule has 1 aliphatic rings. The smallest absolute Gasteiger partial charge is 0.0422 e. The Balaban J connectivity index is 1.44. The minimum absolute atomic E-state index is 1.17. The van der Waals surface area contributed by atoms with Crippen LogP contribution in [0.3, 0.4) is 0 Å². The summed E-state index contributed by atoms with van der Waals surface area (Å²) in [7, 11) is 2.17. The van der Waals surface area contributed by atoms with Crippen molar-refractivity contribution in [2.45, 2.75) is 12.8 Å². The summed E-state index contributed by atoms with van der Waals surface area (Å²) in [4.78, 5) is 3.83. The van der Waals surface area contributed by atoms with Crippen LogP contribution in [0.2, 0.25) is 0 Å². The number of anilines is 2. The average molecular weight is 398 g/mol. The number of nitrogens with zero attached hydrogens (tertiary/aromatic N) is 1. The van der Waals surface area contributed by atoms with Crippen molar-refractivity contribution in [3.05, 3.63) is 77.2 Å². The van der Waals surface area contributed by atoms with E-state index in [1.807, 2.05) is 22.7 Å². The highest BCUT2D eigenvalue weighted by molar-refractivity contribution is 7.25. The Morgan fingerprint density at radius 1 is 0.750 bits per heavy atom. The molecule has 28 heavy (non-hydrogen) atoms. The standard InChI is InChI=1S/C25H19NS2/c1-26(16-10-12-20-18-6-2-4-8-22(18)27-24(20)14-16)17-11-13-21-19-7-3-5-9-23(19)28-25(21)15-17/h2-4,6-8,10-15H,5,9H2,1H3. The predicted octanol–water partition coefficient (Wildman–Crippen LogP) is 8.00. The summed E-state index contributed by atoms with van der Waals surface area (Å²) >= 11 is 3.83. The maximum absolute atomic E-state index is 2.35. The molecule has 0 bridgehead atoms. The lowest BCUT2D eigenvalue weighted by Crippen LogP contribution is -2.08. The fourth-order valence-electron chi connectivity index (χ4n) is 4.22. The van der Waals surface area contributed by atoms with Gasteiger partial charge in [0.15, 0.2) is 0 Å². The summed E-state index contributed by atoms with van der Waals surface area (Å²) in [5.74, 6) is 0. The Hall–Kier alpha value is -2.62. The van der Waals surface area contributed by atoms with Gasteiger partial charge in [0, 0.05) is 53.6 Å². The van der Waals surface area contributed by atoms with Crippen LogP contribution in [0, 0.1) is 0 Å². The zero-order chi connectivity index (χ0) is 18.7. The topological polar surface area (TPSA) is 3.24 Å². The van der Waals surface area contributed by atoms with Crippen LogP contribution >= 0.6 is 22.7 Å². The van der Waals surface area contributed by atoms with E-state index in [4.69, 9.17) is 0 Å². The third-order valence-electron chi connectivity index (χ3n) is 5.75. The largest absolute Gasteiger partial charge is 0.345 e. The quantitative estimate of drug-likeness (QED) is 0.292. The summed E-state index contributed by atoms with van der Waals surface area (Å²) in [6, 6.07) is 22.4. The molecular formula is C25H19NS2. The van der Waals surface area contributed by atoms with Gasteiger partial charge in [-0.25, -0.2) is 0 Å². The van der Waals surface area contributed by atoms with Crippen LogP contribution in [0.4, 0.5) is 11.4 Å². The molecule has 0 unspecified atom stereocenters. The molecule has 3 heteroatoms. The van der Waals surface area contributed by atoms with Gasteiger partial charge in [0.1, 0.15) is 0 Å². The first-order valence-electron chi connectivity index (χ1n) is 9.65. The molecule has 0 aliphatic heterocycles. The molecule has 0 atom stereocenters. The number of fused-ring (bicyclic) bond motifs is 6. The van der Waals surface area contributed by atoms with Gasteiger partial charge in [-0.1, -0.05) is 42.5 Å². The van der Waals surface area contributed by atoms with E-state index in [1.54, 1.807) is 0 Å². The van der Waals surface area contributed by atoms with E-state index < -0.39 is 0 Å². The number of thiophene rings is 2. The van der Waals surface area contributed by atoms with Gasteiger partial charge in [-0.15, -0.1) is 22.7 Å². The van der Waals surface area contributed by atoms with Gasteiger partial charge in [0.2, 0.25) is 0 Å². The lowest BCUT2D eigenvalue weighted by Gasteiger charge is -2.20. The Kier molecular flexibility index (Phi) is 3.62. The molecule has 3 aromatic carbocycles. The molecule has 2 heterocycles. The van der Waals surface area contributed by atoms with Crippen LogP contribution in [0.1, 0.15) is 16.9 Å². The van der Waals surface area contributed by atoms with E-state index in [0.717, 1.165) is 0 Å². The highest BCUT2D eigenvalue weighted by Crippen LogP contribution is 2.40. The van der Waals surface area contributed by atoms with Gasteiger partial charge in [-0.3, -0.25) is 0 Å². The second-order valence-electron chi connectivity index (χ2n) is 7.40. The number of aryl methyl sites for hydroxylation is 1. The van der Waals surface area contributed by atoms with Gasteiger partial charge >= 0.3 is 0 Å². The number of rotatable bonds is 2. The van der Waals surface area contributed by atoms with E-state index in [0.29, 0.717) is 0 Å². The molecular weight excluding hydrogens is 378 g/mol. The zero-order valence-electron chi connectivity index (χ0n) is 15.6. The SMILES string of the molecule is CN(c1ccc2c3c(sc2c1)CCC=C3)c1ccc2c(c1)sc1ccccc12.